The number of nitrogens with zero attached hydrogens (tertiary/aromatic N) is 2. The van der Waals surface area contributed by atoms with Crippen LogP contribution in [0.15, 0.2) is 18.7 Å². The first kappa shape index (κ1) is 10.8. The molecule has 0 N–H and O–H groups in total. The molecule has 1 rings (SSSR count). The fourth-order valence-corrected chi connectivity index (χ4v) is 1.08. The van der Waals surface area contributed by atoms with Gasteiger partial charge in [0.15, 0.2) is 5.78 Å². The first-order valence-electron chi connectivity index (χ1n) is 4.77. The van der Waals surface area contributed by atoms with Gasteiger partial charge in [0.25, 0.3) is 0 Å². The van der Waals surface area contributed by atoms with Crippen LogP contribution in [0.2, 0.25) is 0 Å². The Balaban J connectivity index is 2.52. The fourth-order valence-electron chi connectivity index (χ4n) is 1.08. The van der Waals surface area contributed by atoms with Gasteiger partial charge in [0.2, 0.25) is 0 Å². The van der Waals surface area contributed by atoms with Crippen LogP contribution in [0.3, 0.4) is 0 Å². The molecule has 0 aliphatic carbocycles. The summed E-state index contributed by atoms with van der Waals surface area (Å²) in [5, 5.41) is 0. The lowest BCUT2D eigenvalue weighted by Gasteiger charge is -2.16. The second-order valence-corrected chi connectivity index (χ2v) is 4.61. The zero-order valence-electron chi connectivity index (χ0n) is 8.95. The molecule has 0 radical (unpaired) electrons. The molecule has 1 aromatic rings. The number of hydrogen-bond donors (Lipinski definition) is 0. The Morgan fingerprint density at radius 1 is 1.29 bits per heavy atom. The van der Waals surface area contributed by atoms with Crippen molar-refractivity contribution in [3.63, 3.8) is 0 Å². The molecule has 0 bridgehead atoms. The second kappa shape index (κ2) is 4.31. The molecule has 1 aromatic heterocycles. The van der Waals surface area contributed by atoms with Crippen molar-refractivity contribution in [2.24, 2.45) is 5.41 Å². The first-order valence-corrected chi connectivity index (χ1v) is 4.77. The Hall–Kier alpha value is -1.25. The van der Waals surface area contributed by atoms with E-state index in [0.29, 0.717) is 12.0 Å². The average molecular weight is 192 g/mol. The van der Waals surface area contributed by atoms with Gasteiger partial charge in [-0.3, -0.25) is 4.79 Å². The van der Waals surface area contributed by atoms with Gasteiger partial charge in [0.1, 0.15) is 6.33 Å². The van der Waals surface area contributed by atoms with Crippen LogP contribution in [-0.4, -0.2) is 15.8 Å². The summed E-state index contributed by atoms with van der Waals surface area (Å²) >= 11 is 0. The van der Waals surface area contributed by atoms with Crippen molar-refractivity contribution in [1.29, 1.82) is 0 Å². The zero-order valence-corrected chi connectivity index (χ0v) is 8.95. The summed E-state index contributed by atoms with van der Waals surface area (Å²) in [6, 6.07) is 0. The van der Waals surface area contributed by atoms with E-state index in [0.717, 1.165) is 6.42 Å². The van der Waals surface area contributed by atoms with Crippen LogP contribution < -0.4 is 0 Å². The number of rotatable bonds is 3. The van der Waals surface area contributed by atoms with E-state index in [9.17, 15) is 4.79 Å². The number of carbonyl (C=O) groups excluding carboxylic acids is 1. The highest BCUT2D eigenvalue weighted by molar-refractivity contribution is 5.95. The van der Waals surface area contributed by atoms with E-state index in [4.69, 9.17) is 0 Å². The molecule has 0 spiro atoms. The molecule has 0 aromatic carbocycles. The third-order valence-electron chi connectivity index (χ3n) is 1.98. The van der Waals surface area contributed by atoms with Gasteiger partial charge in [-0.05, 0) is 11.8 Å². The first-order chi connectivity index (χ1) is 6.49. The molecule has 3 heteroatoms. The molecular weight excluding hydrogens is 176 g/mol. The summed E-state index contributed by atoms with van der Waals surface area (Å²) in [6.45, 7) is 6.38. The highest BCUT2D eigenvalue weighted by Crippen LogP contribution is 2.21. The van der Waals surface area contributed by atoms with Crippen LogP contribution >= 0.6 is 0 Å². The third kappa shape index (κ3) is 3.64. The van der Waals surface area contributed by atoms with Crippen molar-refractivity contribution in [2.75, 3.05) is 0 Å². The lowest BCUT2D eigenvalue weighted by molar-refractivity contribution is 0.0965. The summed E-state index contributed by atoms with van der Waals surface area (Å²) in [4.78, 5) is 19.2. The van der Waals surface area contributed by atoms with Crippen molar-refractivity contribution < 1.29 is 4.79 Å². The van der Waals surface area contributed by atoms with Crippen molar-refractivity contribution >= 4 is 5.78 Å². The quantitative estimate of drug-likeness (QED) is 0.691. The largest absolute Gasteiger partial charge is 0.294 e. The Morgan fingerprint density at radius 2 is 1.86 bits per heavy atom. The van der Waals surface area contributed by atoms with Crippen molar-refractivity contribution in [1.82, 2.24) is 9.97 Å². The standard InChI is InChI=1S/C11H16N2O/c1-11(2,3)5-4-10(14)9-6-12-8-13-7-9/h6-8H,4-5H2,1-3H3. The fraction of sp³-hybridized carbons (Fsp3) is 0.545. The van der Waals surface area contributed by atoms with Crippen LogP contribution in [0.4, 0.5) is 0 Å². The van der Waals surface area contributed by atoms with Gasteiger partial charge < -0.3 is 0 Å². The zero-order chi connectivity index (χ0) is 10.6. The minimum Gasteiger partial charge on any atom is -0.294 e. The molecule has 3 nitrogen and oxygen atoms in total. The van der Waals surface area contributed by atoms with Crippen LogP contribution in [0.5, 0.6) is 0 Å². The van der Waals surface area contributed by atoms with E-state index in [1.54, 1.807) is 12.4 Å². The van der Waals surface area contributed by atoms with E-state index in [1.807, 2.05) is 0 Å². The van der Waals surface area contributed by atoms with Gasteiger partial charge in [-0.25, -0.2) is 9.97 Å². The number of carbonyl (C=O) groups is 1. The topological polar surface area (TPSA) is 42.9 Å². The highest BCUT2D eigenvalue weighted by atomic mass is 16.1. The van der Waals surface area contributed by atoms with Crippen LogP contribution in [-0.2, 0) is 0 Å². The minimum absolute atomic E-state index is 0.125. The summed E-state index contributed by atoms with van der Waals surface area (Å²) in [7, 11) is 0. The lowest BCUT2D eigenvalue weighted by atomic mass is 9.89. The van der Waals surface area contributed by atoms with Crippen molar-refractivity contribution in [3.8, 4) is 0 Å². The normalized spacial score (nSPS) is 11.4. The van der Waals surface area contributed by atoms with Crippen LogP contribution in [0, 0.1) is 5.41 Å². The van der Waals surface area contributed by atoms with Gasteiger partial charge in [0.05, 0.1) is 5.56 Å². The number of Topliss-reactive ketones (excluding diaryl/α,β-unsaturated/α-hetero) is 1. The average Bonchev–Trinajstić information content (AvgIpc) is 2.14. The van der Waals surface area contributed by atoms with Gasteiger partial charge in [0, 0.05) is 18.8 Å². The maximum Gasteiger partial charge on any atom is 0.165 e. The maximum absolute atomic E-state index is 11.6. The van der Waals surface area contributed by atoms with Gasteiger partial charge in [-0.1, -0.05) is 20.8 Å². The Bertz CT molecular complexity index is 301. The molecular formula is C11H16N2O. The van der Waals surface area contributed by atoms with Crippen LogP contribution in [0.25, 0.3) is 0 Å². The molecule has 0 saturated carbocycles. The minimum atomic E-state index is 0.125. The predicted octanol–water partition coefficient (Wildman–Crippen LogP) is 2.49. The summed E-state index contributed by atoms with van der Waals surface area (Å²) in [5.74, 6) is 0.125. The van der Waals surface area contributed by atoms with Gasteiger partial charge >= 0.3 is 0 Å². The number of hydrogen-bond acceptors (Lipinski definition) is 3. The second-order valence-electron chi connectivity index (χ2n) is 4.61. The van der Waals surface area contributed by atoms with Crippen LogP contribution in [0.1, 0.15) is 44.0 Å². The Morgan fingerprint density at radius 3 is 2.36 bits per heavy atom. The molecule has 76 valence electrons. The molecule has 0 unspecified atom stereocenters. The molecule has 0 amide bonds. The molecule has 0 saturated heterocycles. The predicted molar refractivity (Wildman–Crippen MR) is 55.1 cm³/mol. The van der Waals surface area contributed by atoms with E-state index >= 15 is 0 Å². The third-order valence-corrected chi connectivity index (χ3v) is 1.98. The summed E-state index contributed by atoms with van der Waals surface area (Å²) < 4.78 is 0. The molecule has 0 aliphatic rings. The monoisotopic (exact) mass is 192 g/mol. The summed E-state index contributed by atoms with van der Waals surface area (Å²) in [5.41, 5.74) is 0.808. The smallest absolute Gasteiger partial charge is 0.165 e. The van der Waals surface area contributed by atoms with Gasteiger partial charge in [-0.15, -0.1) is 0 Å². The maximum atomic E-state index is 11.6. The van der Waals surface area contributed by atoms with E-state index in [2.05, 4.69) is 30.7 Å². The summed E-state index contributed by atoms with van der Waals surface area (Å²) in [6.07, 6.45) is 6.02. The van der Waals surface area contributed by atoms with Crippen molar-refractivity contribution in [2.45, 2.75) is 33.6 Å². The molecule has 0 aliphatic heterocycles. The number of ketones is 1. The molecule has 0 fully saturated rings. The Labute approximate surface area is 84.6 Å². The lowest BCUT2D eigenvalue weighted by Crippen LogP contribution is -2.09. The van der Waals surface area contributed by atoms with E-state index in [1.165, 1.54) is 6.33 Å². The molecule has 1 heterocycles. The van der Waals surface area contributed by atoms with E-state index < -0.39 is 0 Å². The Kier molecular flexibility index (Phi) is 3.33. The molecule has 0 atom stereocenters. The highest BCUT2D eigenvalue weighted by Gasteiger charge is 2.14. The molecule has 14 heavy (non-hydrogen) atoms. The van der Waals surface area contributed by atoms with Crippen molar-refractivity contribution in [3.05, 3.63) is 24.3 Å². The van der Waals surface area contributed by atoms with E-state index in [-0.39, 0.29) is 11.2 Å². The number of aromatic nitrogens is 2. The SMILES string of the molecule is CC(C)(C)CCC(=O)c1cncnc1. The van der Waals surface area contributed by atoms with Gasteiger partial charge in [-0.2, -0.15) is 0 Å².